The van der Waals surface area contributed by atoms with Crippen molar-refractivity contribution in [2.75, 3.05) is 5.73 Å². The highest BCUT2D eigenvalue weighted by Gasteiger charge is 2.08. The van der Waals surface area contributed by atoms with Crippen LogP contribution in [0, 0.1) is 0 Å². The molecule has 0 aliphatic rings. The predicted molar refractivity (Wildman–Crippen MR) is 53.9 cm³/mol. The Bertz CT molecular complexity index is 441. The Kier molecular flexibility index (Phi) is 2.36. The number of hydrogen-bond acceptors (Lipinski definition) is 5. The molecule has 7 nitrogen and oxygen atoms in total. The maximum atomic E-state index is 5.47. The molecule has 0 unspecified atom stereocenters. The molecule has 2 heterocycles. The van der Waals surface area contributed by atoms with Crippen molar-refractivity contribution in [2.24, 2.45) is 0 Å². The fraction of sp³-hybridized carbons (Fsp3) is 0.500. The quantitative estimate of drug-likeness (QED) is 0.770. The molecule has 2 aromatic rings. The van der Waals surface area contributed by atoms with Crippen molar-refractivity contribution in [3.8, 4) is 0 Å². The first-order valence-electron chi connectivity index (χ1n) is 4.71. The fourth-order valence-electron chi connectivity index (χ4n) is 1.33. The SMILES string of the molecule is CC(C)n1ncnc1Cn1ncc(N)n1. The van der Waals surface area contributed by atoms with Gasteiger partial charge in [-0.25, -0.2) is 9.67 Å². The Morgan fingerprint density at radius 2 is 2.20 bits per heavy atom. The lowest BCUT2D eigenvalue weighted by atomic mass is 10.4. The molecule has 2 aromatic heterocycles. The lowest BCUT2D eigenvalue weighted by molar-refractivity contribution is 0.472. The molecule has 15 heavy (non-hydrogen) atoms. The zero-order valence-electron chi connectivity index (χ0n) is 8.70. The number of anilines is 1. The van der Waals surface area contributed by atoms with Crippen LogP contribution < -0.4 is 5.73 Å². The van der Waals surface area contributed by atoms with E-state index in [9.17, 15) is 0 Å². The largest absolute Gasteiger partial charge is 0.381 e. The highest BCUT2D eigenvalue weighted by Crippen LogP contribution is 2.06. The van der Waals surface area contributed by atoms with E-state index in [-0.39, 0.29) is 6.04 Å². The maximum Gasteiger partial charge on any atom is 0.165 e. The number of rotatable bonds is 3. The van der Waals surface area contributed by atoms with Gasteiger partial charge < -0.3 is 5.73 Å². The molecular formula is C8H13N7. The van der Waals surface area contributed by atoms with Crippen molar-refractivity contribution in [3.63, 3.8) is 0 Å². The molecule has 0 saturated heterocycles. The van der Waals surface area contributed by atoms with E-state index >= 15 is 0 Å². The van der Waals surface area contributed by atoms with Crippen LogP contribution in [0.5, 0.6) is 0 Å². The first-order valence-corrected chi connectivity index (χ1v) is 4.71. The lowest BCUT2D eigenvalue weighted by Gasteiger charge is -2.08. The van der Waals surface area contributed by atoms with Crippen LogP contribution in [0.3, 0.4) is 0 Å². The summed E-state index contributed by atoms with van der Waals surface area (Å²) in [5.41, 5.74) is 5.47. The summed E-state index contributed by atoms with van der Waals surface area (Å²) < 4.78 is 1.83. The van der Waals surface area contributed by atoms with Crippen molar-refractivity contribution < 1.29 is 0 Å². The summed E-state index contributed by atoms with van der Waals surface area (Å²) in [4.78, 5) is 5.65. The van der Waals surface area contributed by atoms with E-state index in [0.717, 1.165) is 5.82 Å². The molecule has 0 bridgehead atoms. The molecule has 0 atom stereocenters. The van der Waals surface area contributed by atoms with Gasteiger partial charge in [-0.3, -0.25) is 0 Å². The third-order valence-corrected chi connectivity index (χ3v) is 1.97. The van der Waals surface area contributed by atoms with E-state index in [1.54, 1.807) is 0 Å². The zero-order valence-corrected chi connectivity index (χ0v) is 8.70. The fourth-order valence-corrected chi connectivity index (χ4v) is 1.33. The number of nitrogens with zero attached hydrogens (tertiary/aromatic N) is 6. The second kappa shape index (κ2) is 3.68. The first-order chi connectivity index (χ1) is 7.16. The Labute approximate surface area is 86.9 Å². The summed E-state index contributed by atoms with van der Waals surface area (Å²) in [6.07, 6.45) is 3.04. The molecule has 0 aromatic carbocycles. The Hall–Kier alpha value is -1.92. The minimum atomic E-state index is 0.274. The third-order valence-electron chi connectivity index (χ3n) is 1.97. The van der Waals surface area contributed by atoms with Crippen molar-refractivity contribution >= 4 is 5.82 Å². The smallest absolute Gasteiger partial charge is 0.165 e. The van der Waals surface area contributed by atoms with Crippen molar-refractivity contribution in [1.29, 1.82) is 0 Å². The van der Waals surface area contributed by atoms with Gasteiger partial charge in [-0.2, -0.15) is 15.0 Å². The summed E-state index contributed by atoms with van der Waals surface area (Å²) in [5.74, 6) is 1.23. The topological polar surface area (TPSA) is 87.4 Å². The van der Waals surface area contributed by atoms with Gasteiger partial charge in [-0.05, 0) is 13.8 Å². The summed E-state index contributed by atoms with van der Waals surface area (Å²) in [7, 11) is 0. The Balaban J connectivity index is 2.20. The van der Waals surface area contributed by atoms with Crippen LogP contribution in [0.1, 0.15) is 25.7 Å². The lowest BCUT2D eigenvalue weighted by Crippen LogP contribution is -2.13. The number of nitrogen functional groups attached to an aromatic ring is 1. The van der Waals surface area contributed by atoms with Gasteiger partial charge in [-0.1, -0.05) is 0 Å². The molecule has 0 spiro atoms. The predicted octanol–water partition coefficient (Wildman–Crippen LogP) is 0.0810. The molecule has 0 saturated carbocycles. The number of hydrogen-bond donors (Lipinski definition) is 1. The molecule has 0 aliphatic carbocycles. The minimum absolute atomic E-state index is 0.274. The second-order valence-corrected chi connectivity index (χ2v) is 3.51. The monoisotopic (exact) mass is 207 g/mol. The summed E-state index contributed by atoms with van der Waals surface area (Å²) >= 11 is 0. The van der Waals surface area contributed by atoms with E-state index in [1.165, 1.54) is 17.3 Å². The van der Waals surface area contributed by atoms with Crippen LogP contribution in [-0.2, 0) is 6.54 Å². The van der Waals surface area contributed by atoms with Crippen LogP contribution in [-0.4, -0.2) is 29.8 Å². The molecule has 0 radical (unpaired) electrons. The van der Waals surface area contributed by atoms with Gasteiger partial charge in [0.15, 0.2) is 11.6 Å². The van der Waals surface area contributed by atoms with Gasteiger partial charge in [0.05, 0.1) is 6.20 Å². The van der Waals surface area contributed by atoms with E-state index in [0.29, 0.717) is 12.4 Å². The number of aromatic nitrogens is 6. The standard InChI is InChI=1S/C8H13N7/c1-6(2)15-8(10-5-12-15)4-14-11-3-7(9)13-14/h3,5-6H,4H2,1-2H3,(H2,9,13). The highest BCUT2D eigenvalue weighted by atomic mass is 15.5. The van der Waals surface area contributed by atoms with E-state index < -0.39 is 0 Å². The second-order valence-electron chi connectivity index (χ2n) is 3.51. The van der Waals surface area contributed by atoms with Crippen molar-refractivity contribution in [1.82, 2.24) is 29.8 Å². The Morgan fingerprint density at radius 1 is 1.40 bits per heavy atom. The first kappa shape index (κ1) is 9.63. The number of nitrogens with two attached hydrogens (primary N) is 1. The van der Waals surface area contributed by atoms with Crippen LogP contribution >= 0.6 is 0 Å². The van der Waals surface area contributed by atoms with Gasteiger partial charge in [0.2, 0.25) is 0 Å². The van der Waals surface area contributed by atoms with Crippen LogP contribution in [0.25, 0.3) is 0 Å². The van der Waals surface area contributed by atoms with Gasteiger partial charge in [0, 0.05) is 6.04 Å². The van der Waals surface area contributed by atoms with Gasteiger partial charge in [0.1, 0.15) is 12.9 Å². The molecule has 7 heteroatoms. The van der Waals surface area contributed by atoms with Crippen molar-refractivity contribution in [3.05, 3.63) is 18.3 Å². The molecule has 2 rings (SSSR count). The van der Waals surface area contributed by atoms with E-state index in [1.807, 2.05) is 18.5 Å². The molecular weight excluding hydrogens is 194 g/mol. The van der Waals surface area contributed by atoms with Crippen LogP contribution in [0.2, 0.25) is 0 Å². The molecule has 0 amide bonds. The molecule has 80 valence electrons. The minimum Gasteiger partial charge on any atom is -0.381 e. The molecule has 0 fully saturated rings. The average Bonchev–Trinajstić information content (AvgIpc) is 2.75. The maximum absolute atomic E-state index is 5.47. The van der Waals surface area contributed by atoms with Gasteiger partial charge >= 0.3 is 0 Å². The van der Waals surface area contributed by atoms with Crippen LogP contribution in [0.15, 0.2) is 12.5 Å². The van der Waals surface area contributed by atoms with Crippen molar-refractivity contribution in [2.45, 2.75) is 26.4 Å². The third kappa shape index (κ3) is 1.95. The molecule has 2 N–H and O–H groups in total. The zero-order chi connectivity index (χ0) is 10.8. The summed E-state index contributed by atoms with van der Waals surface area (Å²) in [5, 5.41) is 12.1. The van der Waals surface area contributed by atoms with E-state index in [2.05, 4.69) is 20.3 Å². The van der Waals surface area contributed by atoms with Crippen LogP contribution in [0.4, 0.5) is 5.82 Å². The average molecular weight is 207 g/mol. The molecule has 0 aliphatic heterocycles. The van der Waals surface area contributed by atoms with Gasteiger partial charge in [-0.15, -0.1) is 5.10 Å². The van der Waals surface area contributed by atoms with E-state index in [4.69, 9.17) is 5.73 Å². The summed E-state index contributed by atoms with van der Waals surface area (Å²) in [6.45, 7) is 4.57. The summed E-state index contributed by atoms with van der Waals surface area (Å²) in [6, 6.07) is 0.274. The van der Waals surface area contributed by atoms with Gasteiger partial charge in [0.25, 0.3) is 0 Å². The highest BCUT2D eigenvalue weighted by molar-refractivity contribution is 5.19. The normalized spacial score (nSPS) is 11.1. The Morgan fingerprint density at radius 3 is 2.80 bits per heavy atom.